The van der Waals surface area contributed by atoms with E-state index >= 15 is 0 Å². The van der Waals surface area contributed by atoms with Gasteiger partial charge in [0.05, 0.1) is 17.4 Å². The van der Waals surface area contributed by atoms with Crippen LogP contribution in [0.2, 0.25) is 0 Å². The molecule has 2 heterocycles. The molecule has 1 aliphatic rings. The van der Waals surface area contributed by atoms with E-state index in [-0.39, 0.29) is 5.56 Å². The number of hydrogen-bond donors (Lipinski definition) is 0. The van der Waals surface area contributed by atoms with Crippen LogP contribution in [0, 0.1) is 0 Å². The molecule has 2 aromatic rings. The zero-order valence-electron chi connectivity index (χ0n) is 13.4. The molecule has 3 rings (SSSR count). The summed E-state index contributed by atoms with van der Waals surface area (Å²) in [5.41, 5.74) is 0.381. The van der Waals surface area contributed by atoms with Gasteiger partial charge in [0.15, 0.2) is 0 Å². The van der Waals surface area contributed by atoms with Crippen molar-refractivity contribution >= 4 is 27.3 Å². The average molecular weight is 417 g/mol. The third kappa shape index (κ3) is 3.65. The molecule has 134 valence electrons. The first-order valence-electron chi connectivity index (χ1n) is 7.66. The minimum absolute atomic E-state index is 0.224. The predicted molar refractivity (Wildman–Crippen MR) is 93.0 cm³/mol. The van der Waals surface area contributed by atoms with Crippen molar-refractivity contribution in [2.24, 2.45) is 7.05 Å². The third-order valence-electron chi connectivity index (χ3n) is 4.22. The number of aryl methyl sites for hydroxylation is 1. The van der Waals surface area contributed by atoms with Crippen molar-refractivity contribution < 1.29 is 13.2 Å². The molecule has 1 saturated heterocycles. The largest absolute Gasteiger partial charge is 0.416 e. The Bertz CT molecular complexity index is 829. The summed E-state index contributed by atoms with van der Waals surface area (Å²) in [5.74, 6) is 0. The number of alkyl halides is 3. The van der Waals surface area contributed by atoms with Crippen LogP contribution in [0.5, 0.6) is 0 Å². The lowest BCUT2D eigenvalue weighted by Crippen LogP contribution is -2.47. The van der Waals surface area contributed by atoms with Crippen LogP contribution in [0.15, 0.2) is 39.7 Å². The second kappa shape index (κ2) is 6.70. The number of hydrogen-bond acceptors (Lipinski definition) is 4. The number of anilines is 2. The van der Waals surface area contributed by atoms with Crippen LogP contribution < -0.4 is 15.4 Å². The molecule has 0 saturated carbocycles. The SMILES string of the molecule is Cn1ncc(N2CCN(c3cccc(C(F)(F)F)c3)CC2)c(Br)c1=O. The molecule has 0 aliphatic carbocycles. The Morgan fingerprint density at radius 2 is 1.76 bits per heavy atom. The van der Waals surface area contributed by atoms with Crippen LogP contribution in [0.25, 0.3) is 0 Å². The first-order valence-corrected chi connectivity index (χ1v) is 8.45. The minimum atomic E-state index is -4.35. The molecule has 9 heteroatoms. The molecule has 1 fully saturated rings. The Hall–Kier alpha value is -2.03. The molecule has 0 amide bonds. The third-order valence-corrected chi connectivity index (χ3v) is 4.96. The molecule has 0 bridgehead atoms. The van der Waals surface area contributed by atoms with E-state index in [9.17, 15) is 18.0 Å². The van der Waals surface area contributed by atoms with Crippen molar-refractivity contribution in [3.8, 4) is 0 Å². The smallest absolute Gasteiger partial charge is 0.368 e. The van der Waals surface area contributed by atoms with Crippen LogP contribution in [0.1, 0.15) is 5.56 Å². The summed E-state index contributed by atoms with van der Waals surface area (Å²) in [7, 11) is 1.57. The van der Waals surface area contributed by atoms with Crippen LogP contribution in [-0.2, 0) is 13.2 Å². The van der Waals surface area contributed by atoms with E-state index in [0.717, 1.165) is 6.07 Å². The summed E-state index contributed by atoms with van der Waals surface area (Å²) < 4.78 is 40.3. The highest BCUT2D eigenvalue weighted by Crippen LogP contribution is 2.32. The maximum Gasteiger partial charge on any atom is 0.416 e. The van der Waals surface area contributed by atoms with Crippen LogP contribution >= 0.6 is 15.9 Å². The van der Waals surface area contributed by atoms with Crippen molar-refractivity contribution in [2.75, 3.05) is 36.0 Å². The summed E-state index contributed by atoms with van der Waals surface area (Å²) >= 11 is 3.30. The number of rotatable bonds is 2. The number of nitrogens with zero attached hydrogens (tertiary/aromatic N) is 4. The van der Waals surface area contributed by atoms with E-state index in [1.54, 1.807) is 19.3 Å². The van der Waals surface area contributed by atoms with E-state index < -0.39 is 11.7 Å². The molecular weight excluding hydrogens is 401 g/mol. The van der Waals surface area contributed by atoms with Crippen molar-refractivity contribution in [1.82, 2.24) is 9.78 Å². The Morgan fingerprint density at radius 3 is 2.40 bits per heavy atom. The Kier molecular flexibility index (Phi) is 4.77. The predicted octanol–water partition coefficient (Wildman–Crippen LogP) is 2.89. The fourth-order valence-corrected chi connectivity index (χ4v) is 3.42. The van der Waals surface area contributed by atoms with Crippen molar-refractivity contribution in [2.45, 2.75) is 6.18 Å². The molecule has 5 nitrogen and oxygen atoms in total. The lowest BCUT2D eigenvalue weighted by molar-refractivity contribution is -0.137. The minimum Gasteiger partial charge on any atom is -0.368 e. The van der Waals surface area contributed by atoms with E-state index in [2.05, 4.69) is 21.0 Å². The number of benzene rings is 1. The van der Waals surface area contributed by atoms with Crippen LogP contribution in [-0.4, -0.2) is 36.0 Å². The second-order valence-electron chi connectivity index (χ2n) is 5.79. The van der Waals surface area contributed by atoms with Gasteiger partial charge in [-0.25, -0.2) is 4.68 Å². The fraction of sp³-hybridized carbons (Fsp3) is 0.375. The molecular formula is C16H16BrF3N4O. The zero-order valence-corrected chi connectivity index (χ0v) is 15.0. The maximum absolute atomic E-state index is 12.9. The Labute approximate surface area is 150 Å². The van der Waals surface area contributed by atoms with Crippen molar-refractivity contribution in [3.63, 3.8) is 0 Å². The highest BCUT2D eigenvalue weighted by molar-refractivity contribution is 9.10. The molecule has 0 unspecified atom stereocenters. The van der Waals surface area contributed by atoms with Gasteiger partial charge in [-0.1, -0.05) is 6.07 Å². The molecule has 1 aromatic heterocycles. The van der Waals surface area contributed by atoms with Gasteiger partial charge in [0.2, 0.25) is 0 Å². The summed E-state index contributed by atoms with van der Waals surface area (Å²) in [6.45, 7) is 2.29. The molecule has 25 heavy (non-hydrogen) atoms. The summed E-state index contributed by atoms with van der Waals surface area (Å²) in [6.07, 6.45) is -2.73. The first kappa shape index (κ1) is 17.8. The number of halogens is 4. The molecule has 1 aromatic carbocycles. The average Bonchev–Trinajstić information content (AvgIpc) is 2.59. The van der Waals surface area contributed by atoms with Gasteiger partial charge >= 0.3 is 6.18 Å². The van der Waals surface area contributed by atoms with E-state index in [4.69, 9.17) is 0 Å². The second-order valence-corrected chi connectivity index (χ2v) is 6.59. The zero-order chi connectivity index (χ0) is 18.2. The van der Waals surface area contributed by atoms with Gasteiger partial charge in [0.25, 0.3) is 5.56 Å². The summed E-state index contributed by atoms with van der Waals surface area (Å²) in [5, 5.41) is 4.02. The van der Waals surface area contributed by atoms with Crippen LogP contribution in [0.3, 0.4) is 0 Å². The molecule has 0 radical (unpaired) electrons. The van der Waals surface area contributed by atoms with E-state index in [0.29, 0.717) is 42.0 Å². The lowest BCUT2D eigenvalue weighted by atomic mass is 10.1. The lowest BCUT2D eigenvalue weighted by Gasteiger charge is -2.37. The Morgan fingerprint density at radius 1 is 1.12 bits per heavy atom. The highest BCUT2D eigenvalue weighted by atomic mass is 79.9. The topological polar surface area (TPSA) is 41.4 Å². The molecule has 1 aliphatic heterocycles. The normalized spacial score (nSPS) is 15.6. The van der Waals surface area contributed by atoms with Gasteiger partial charge in [0.1, 0.15) is 4.47 Å². The summed E-state index contributed by atoms with van der Waals surface area (Å²) in [6, 6.07) is 5.35. The molecule has 0 atom stereocenters. The van der Waals surface area contributed by atoms with Gasteiger partial charge in [0, 0.05) is 38.9 Å². The van der Waals surface area contributed by atoms with Gasteiger partial charge in [-0.05, 0) is 34.1 Å². The molecule has 0 N–H and O–H groups in total. The van der Waals surface area contributed by atoms with Crippen molar-refractivity contribution in [1.29, 1.82) is 0 Å². The fourth-order valence-electron chi connectivity index (χ4n) is 2.81. The van der Waals surface area contributed by atoms with Gasteiger partial charge in [-0.15, -0.1) is 0 Å². The van der Waals surface area contributed by atoms with Gasteiger partial charge < -0.3 is 9.80 Å². The first-order chi connectivity index (χ1) is 11.8. The van der Waals surface area contributed by atoms with Gasteiger partial charge in [-0.3, -0.25) is 4.79 Å². The monoisotopic (exact) mass is 416 g/mol. The van der Waals surface area contributed by atoms with Gasteiger partial charge in [-0.2, -0.15) is 18.3 Å². The summed E-state index contributed by atoms with van der Waals surface area (Å²) in [4.78, 5) is 15.9. The van der Waals surface area contributed by atoms with E-state index in [1.807, 2.05) is 9.80 Å². The number of aromatic nitrogens is 2. The Balaban J connectivity index is 1.75. The quantitative estimate of drug-likeness (QED) is 0.754. The van der Waals surface area contributed by atoms with Crippen LogP contribution in [0.4, 0.5) is 24.5 Å². The number of piperazine rings is 1. The highest BCUT2D eigenvalue weighted by Gasteiger charge is 2.31. The van der Waals surface area contributed by atoms with E-state index in [1.165, 1.54) is 16.8 Å². The standard InChI is InChI=1S/C16H16BrF3N4O/c1-22-15(25)14(17)13(10-21-22)24-7-5-23(6-8-24)12-4-2-3-11(9-12)16(18,19)20/h2-4,9-10H,5-8H2,1H3. The molecule has 0 spiro atoms. The van der Waals surface area contributed by atoms with Crippen molar-refractivity contribution in [3.05, 3.63) is 50.9 Å². The maximum atomic E-state index is 12.9.